The third-order valence-corrected chi connectivity index (χ3v) is 2.06. The Morgan fingerprint density at radius 1 is 1.56 bits per heavy atom. The second-order valence-corrected chi connectivity index (χ2v) is 3.51. The van der Waals surface area contributed by atoms with Crippen molar-refractivity contribution in [3.8, 4) is 5.75 Å². The molecule has 0 saturated heterocycles. The summed E-state index contributed by atoms with van der Waals surface area (Å²) in [6.45, 7) is 2.20. The van der Waals surface area contributed by atoms with E-state index < -0.39 is 16.4 Å². The maximum atomic E-state index is 13.2. The van der Waals surface area contributed by atoms with Crippen molar-refractivity contribution in [2.75, 3.05) is 13.2 Å². The van der Waals surface area contributed by atoms with Crippen molar-refractivity contribution in [1.29, 1.82) is 0 Å². The highest BCUT2D eigenvalue weighted by atomic mass is 19.1. The van der Waals surface area contributed by atoms with Crippen LogP contribution in [0, 0.1) is 15.9 Å². The van der Waals surface area contributed by atoms with Gasteiger partial charge in [-0.25, -0.2) is 0 Å². The molecule has 7 heteroatoms. The molecule has 0 heterocycles. The lowest BCUT2D eigenvalue weighted by atomic mass is 10.3. The maximum absolute atomic E-state index is 13.2. The Hall–Kier alpha value is -2.18. The molecule has 0 unspecified atom stereocenters. The van der Waals surface area contributed by atoms with Gasteiger partial charge in [-0.3, -0.25) is 14.9 Å². The molecule has 1 rings (SSSR count). The number of ether oxygens (including phenoxy) is 1. The topological polar surface area (TPSA) is 81.5 Å². The SMILES string of the molecule is CCCNC(=O)COc1ccc([N+](=O)[O-])c(F)c1. The smallest absolute Gasteiger partial charge is 0.305 e. The molecular formula is C11H13FN2O4. The summed E-state index contributed by atoms with van der Waals surface area (Å²) in [6.07, 6.45) is 0.803. The first-order valence-electron chi connectivity index (χ1n) is 5.38. The zero-order valence-electron chi connectivity index (χ0n) is 9.81. The Bertz CT molecular complexity index is 451. The summed E-state index contributed by atoms with van der Waals surface area (Å²) in [6, 6.07) is 3.12. The first-order valence-corrected chi connectivity index (χ1v) is 5.38. The summed E-state index contributed by atoms with van der Waals surface area (Å²) in [7, 11) is 0. The molecule has 98 valence electrons. The lowest BCUT2D eigenvalue weighted by molar-refractivity contribution is -0.387. The molecule has 1 amide bonds. The number of rotatable bonds is 6. The molecule has 0 bridgehead atoms. The molecule has 0 aliphatic carbocycles. The van der Waals surface area contributed by atoms with E-state index in [0.717, 1.165) is 18.6 Å². The highest BCUT2D eigenvalue weighted by Crippen LogP contribution is 2.22. The van der Waals surface area contributed by atoms with Crippen LogP contribution in [0.2, 0.25) is 0 Å². The van der Waals surface area contributed by atoms with E-state index in [1.807, 2.05) is 6.92 Å². The second-order valence-electron chi connectivity index (χ2n) is 3.51. The minimum atomic E-state index is -0.994. The zero-order valence-corrected chi connectivity index (χ0v) is 9.81. The summed E-state index contributed by atoms with van der Waals surface area (Å²) in [5, 5.41) is 13.0. The van der Waals surface area contributed by atoms with Crippen molar-refractivity contribution in [3.05, 3.63) is 34.1 Å². The van der Waals surface area contributed by atoms with E-state index in [4.69, 9.17) is 4.74 Å². The van der Waals surface area contributed by atoms with Crippen LogP contribution >= 0.6 is 0 Å². The fraction of sp³-hybridized carbons (Fsp3) is 0.364. The largest absolute Gasteiger partial charge is 0.484 e. The van der Waals surface area contributed by atoms with E-state index in [1.54, 1.807) is 0 Å². The van der Waals surface area contributed by atoms with Crippen LogP contribution in [0.3, 0.4) is 0 Å². The van der Waals surface area contributed by atoms with Crippen LogP contribution in [0.5, 0.6) is 5.75 Å². The summed E-state index contributed by atoms with van der Waals surface area (Å²) >= 11 is 0. The maximum Gasteiger partial charge on any atom is 0.305 e. The fourth-order valence-corrected chi connectivity index (χ4v) is 1.19. The number of nitro groups is 1. The van der Waals surface area contributed by atoms with Crippen LogP contribution in [-0.4, -0.2) is 24.0 Å². The second kappa shape index (κ2) is 6.53. The van der Waals surface area contributed by atoms with Crippen LogP contribution in [-0.2, 0) is 4.79 Å². The summed E-state index contributed by atoms with van der Waals surface area (Å²) in [4.78, 5) is 20.7. The van der Waals surface area contributed by atoms with Gasteiger partial charge in [0.2, 0.25) is 5.82 Å². The molecular weight excluding hydrogens is 243 g/mol. The van der Waals surface area contributed by atoms with E-state index in [1.165, 1.54) is 6.07 Å². The third-order valence-electron chi connectivity index (χ3n) is 2.06. The minimum absolute atomic E-state index is 0.0738. The molecule has 18 heavy (non-hydrogen) atoms. The predicted molar refractivity (Wildman–Crippen MR) is 61.9 cm³/mol. The monoisotopic (exact) mass is 256 g/mol. The van der Waals surface area contributed by atoms with Crippen molar-refractivity contribution in [2.24, 2.45) is 0 Å². The zero-order chi connectivity index (χ0) is 13.5. The quantitative estimate of drug-likeness (QED) is 0.619. The number of hydrogen-bond acceptors (Lipinski definition) is 4. The molecule has 0 spiro atoms. The van der Waals surface area contributed by atoms with Gasteiger partial charge in [0.05, 0.1) is 4.92 Å². The highest BCUT2D eigenvalue weighted by molar-refractivity contribution is 5.77. The van der Waals surface area contributed by atoms with E-state index in [9.17, 15) is 19.3 Å². The Morgan fingerprint density at radius 3 is 2.83 bits per heavy atom. The van der Waals surface area contributed by atoms with Gasteiger partial charge >= 0.3 is 5.69 Å². The first-order chi connectivity index (χ1) is 8.54. The van der Waals surface area contributed by atoms with Gasteiger partial charge in [-0.2, -0.15) is 4.39 Å². The lowest BCUT2D eigenvalue weighted by Crippen LogP contribution is -2.29. The van der Waals surface area contributed by atoms with Gasteiger partial charge in [-0.05, 0) is 12.5 Å². The van der Waals surface area contributed by atoms with Crippen LogP contribution in [0.4, 0.5) is 10.1 Å². The van der Waals surface area contributed by atoms with Gasteiger partial charge < -0.3 is 10.1 Å². The van der Waals surface area contributed by atoms with Crippen LogP contribution < -0.4 is 10.1 Å². The Labute approximate surface area is 103 Å². The molecule has 0 fully saturated rings. The molecule has 1 N–H and O–H groups in total. The molecule has 0 radical (unpaired) electrons. The van der Waals surface area contributed by atoms with Crippen molar-refractivity contribution in [2.45, 2.75) is 13.3 Å². The Balaban J connectivity index is 2.56. The molecule has 1 aromatic carbocycles. The number of carbonyl (C=O) groups is 1. The Morgan fingerprint density at radius 2 is 2.28 bits per heavy atom. The number of amides is 1. The average Bonchev–Trinajstić information content (AvgIpc) is 2.33. The summed E-state index contributed by atoms with van der Waals surface area (Å²) in [5.41, 5.74) is -0.627. The lowest BCUT2D eigenvalue weighted by Gasteiger charge is -2.06. The standard InChI is InChI=1S/C11H13FN2O4/c1-2-5-13-11(15)7-18-8-3-4-10(14(16)17)9(12)6-8/h3-4,6H,2,5,7H2,1H3,(H,13,15). The van der Waals surface area contributed by atoms with Crippen molar-refractivity contribution >= 4 is 11.6 Å². The number of nitro benzene ring substituents is 1. The van der Waals surface area contributed by atoms with Gasteiger partial charge in [0.25, 0.3) is 5.91 Å². The molecule has 0 aliphatic rings. The average molecular weight is 256 g/mol. The van der Waals surface area contributed by atoms with Crippen LogP contribution in [0.15, 0.2) is 18.2 Å². The molecule has 1 aromatic rings. The molecule has 6 nitrogen and oxygen atoms in total. The third kappa shape index (κ3) is 4.00. The van der Waals surface area contributed by atoms with Crippen LogP contribution in [0.25, 0.3) is 0 Å². The van der Waals surface area contributed by atoms with Crippen molar-refractivity contribution in [1.82, 2.24) is 5.32 Å². The van der Waals surface area contributed by atoms with E-state index in [0.29, 0.717) is 6.54 Å². The number of benzene rings is 1. The number of hydrogen-bond donors (Lipinski definition) is 1. The van der Waals surface area contributed by atoms with Crippen LogP contribution in [0.1, 0.15) is 13.3 Å². The summed E-state index contributed by atoms with van der Waals surface area (Å²) < 4.78 is 18.2. The van der Waals surface area contributed by atoms with Gasteiger partial charge in [0.1, 0.15) is 5.75 Å². The van der Waals surface area contributed by atoms with Gasteiger partial charge in [-0.15, -0.1) is 0 Å². The molecule has 0 aromatic heterocycles. The van der Waals surface area contributed by atoms with Gasteiger partial charge in [0.15, 0.2) is 6.61 Å². The van der Waals surface area contributed by atoms with Gasteiger partial charge in [-0.1, -0.05) is 6.92 Å². The Kier molecular flexibility index (Phi) is 5.04. The number of nitrogens with one attached hydrogen (secondary N) is 1. The van der Waals surface area contributed by atoms with E-state index in [2.05, 4.69) is 5.32 Å². The predicted octanol–water partition coefficient (Wildman–Crippen LogP) is 1.64. The number of nitrogens with zero attached hydrogens (tertiary/aromatic N) is 1. The molecule has 0 saturated carbocycles. The fourth-order valence-electron chi connectivity index (χ4n) is 1.19. The van der Waals surface area contributed by atoms with Crippen molar-refractivity contribution in [3.63, 3.8) is 0 Å². The summed E-state index contributed by atoms with van der Waals surface area (Å²) in [5.74, 6) is -1.24. The number of halogens is 1. The number of carbonyl (C=O) groups excluding carboxylic acids is 1. The van der Waals surface area contributed by atoms with Crippen molar-refractivity contribution < 1.29 is 18.8 Å². The first kappa shape index (κ1) is 13.9. The highest BCUT2D eigenvalue weighted by Gasteiger charge is 2.14. The van der Waals surface area contributed by atoms with E-state index in [-0.39, 0.29) is 18.3 Å². The molecule has 0 atom stereocenters. The van der Waals surface area contributed by atoms with E-state index >= 15 is 0 Å². The normalized spacial score (nSPS) is 9.89. The minimum Gasteiger partial charge on any atom is -0.484 e. The molecule has 0 aliphatic heterocycles. The van der Waals surface area contributed by atoms with Gasteiger partial charge in [0, 0.05) is 18.7 Å².